The SMILES string of the molecule is CCOc1cc2c(cc1NC(=O)c1cccc(Br)c1)OC(C)C2. The van der Waals surface area contributed by atoms with Crippen molar-refractivity contribution in [2.75, 3.05) is 11.9 Å². The summed E-state index contributed by atoms with van der Waals surface area (Å²) < 4.78 is 12.3. The van der Waals surface area contributed by atoms with Crippen LogP contribution in [0.4, 0.5) is 5.69 Å². The molecule has 23 heavy (non-hydrogen) atoms. The van der Waals surface area contributed by atoms with Crippen LogP contribution in [-0.4, -0.2) is 18.6 Å². The number of carbonyl (C=O) groups is 1. The molecule has 5 heteroatoms. The normalized spacial score (nSPS) is 15.7. The fraction of sp³-hybridized carbons (Fsp3) is 0.278. The summed E-state index contributed by atoms with van der Waals surface area (Å²) in [6.45, 7) is 4.49. The van der Waals surface area contributed by atoms with E-state index >= 15 is 0 Å². The highest BCUT2D eigenvalue weighted by molar-refractivity contribution is 9.10. The number of hydrogen-bond donors (Lipinski definition) is 1. The van der Waals surface area contributed by atoms with Crippen molar-refractivity contribution in [1.82, 2.24) is 0 Å². The molecular formula is C18H18BrNO3. The van der Waals surface area contributed by atoms with Gasteiger partial charge >= 0.3 is 0 Å². The van der Waals surface area contributed by atoms with E-state index in [1.54, 1.807) is 12.1 Å². The van der Waals surface area contributed by atoms with E-state index in [0.717, 1.165) is 22.2 Å². The molecule has 1 aliphatic heterocycles. The average Bonchev–Trinajstić information content (AvgIpc) is 2.87. The molecule has 0 spiro atoms. The molecule has 2 aromatic rings. The van der Waals surface area contributed by atoms with Crippen LogP contribution < -0.4 is 14.8 Å². The van der Waals surface area contributed by atoms with E-state index in [0.29, 0.717) is 23.6 Å². The second-order valence-electron chi connectivity index (χ2n) is 5.49. The van der Waals surface area contributed by atoms with E-state index in [-0.39, 0.29) is 12.0 Å². The van der Waals surface area contributed by atoms with Gasteiger partial charge in [0.1, 0.15) is 17.6 Å². The van der Waals surface area contributed by atoms with Gasteiger partial charge in [-0.3, -0.25) is 4.79 Å². The molecule has 0 bridgehead atoms. The molecule has 1 atom stereocenters. The number of rotatable bonds is 4. The maximum atomic E-state index is 12.5. The number of fused-ring (bicyclic) bond motifs is 1. The van der Waals surface area contributed by atoms with Gasteiger partial charge in [-0.1, -0.05) is 22.0 Å². The molecule has 4 nitrogen and oxygen atoms in total. The Kier molecular flexibility index (Phi) is 4.57. The number of anilines is 1. The molecule has 0 radical (unpaired) electrons. The third-order valence-electron chi connectivity index (χ3n) is 3.63. The molecule has 120 valence electrons. The first-order chi connectivity index (χ1) is 11.1. The predicted molar refractivity (Wildman–Crippen MR) is 93.5 cm³/mol. The first kappa shape index (κ1) is 15.9. The van der Waals surface area contributed by atoms with Gasteiger partial charge in [-0.2, -0.15) is 0 Å². The maximum absolute atomic E-state index is 12.5. The molecule has 2 aromatic carbocycles. The van der Waals surface area contributed by atoms with Crippen LogP contribution in [0.15, 0.2) is 40.9 Å². The Morgan fingerprint density at radius 2 is 2.22 bits per heavy atom. The molecule has 1 heterocycles. The van der Waals surface area contributed by atoms with E-state index in [2.05, 4.69) is 21.2 Å². The van der Waals surface area contributed by atoms with Crippen LogP contribution in [0.3, 0.4) is 0 Å². The third kappa shape index (κ3) is 3.50. The van der Waals surface area contributed by atoms with Crippen LogP contribution in [0.1, 0.15) is 29.8 Å². The van der Waals surface area contributed by atoms with Crippen LogP contribution in [0.5, 0.6) is 11.5 Å². The Morgan fingerprint density at radius 3 is 2.96 bits per heavy atom. The summed E-state index contributed by atoms with van der Waals surface area (Å²) in [5.74, 6) is 1.30. The monoisotopic (exact) mass is 375 g/mol. The Bertz CT molecular complexity index is 745. The van der Waals surface area contributed by atoms with E-state index in [4.69, 9.17) is 9.47 Å². The van der Waals surface area contributed by atoms with Gasteiger partial charge in [0.25, 0.3) is 5.91 Å². The van der Waals surface area contributed by atoms with Crippen molar-refractivity contribution in [3.8, 4) is 11.5 Å². The van der Waals surface area contributed by atoms with Crippen molar-refractivity contribution in [1.29, 1.82) is 0 Å². The van der Waals surface area contributed by atoms with Gasteiger partial charge in [-0.15, -0.1) is 0 Å². The number of amides is 1. The van der Waals surface area contributed by atoms with E-state index in [1.165, 1.54) is 0 Å². The average molecular weight is 376 g/mol. The smallest absolute Gasteiger partial charge is 0.255 e. The van der Waals surface area contributed by atoms with E-state index < -0.39 is 0 Å². The number of halogens is 1. The van der Waals surface area contributed by atoms with Gasteiger partial charge in [0.15, 0.2) is 0 Å². The number of ether oxygens (including phenoxy) is 2. The van der Waals surface area contributed by atoms with Crippen molar-refractivity contribution < 1.29 is 14.3 Å². The van der Waals surface area contributed by atoms with Crippen LogP contribution in [0.25, 0.3) is 0 Å². The highest BCUT2D eigenvalue weighted by Gasteiger charge is 2.22. The van der Waals surface area contributed by atoms with Gasteiger partial charge in [0, 0.05) is 28.1 Å². The summed E-state index contributed by atoms with van der Waals surface area (Å²) in [5.41, 5.74) is 2.32. The summed E-state index contributed by atoms with van der Waals surface area (Å²) >= 11 is 3.38. The summed E-state index contributed by atoms with van der Waals surface area (Å²) in [4.78, 5) is 12.5. The number of carbonyl (C=O) groups excluding carboxylic acids is 1. The summed E-state index contributed by atoms with van der Waals surface area (Å²) in [5, 5.41) is 2.92. The number of hydrogen-bond acceptors (Lipinski definition) is 3. The summed E-state index contributed by atoms with van der Waals surface area (Å²) in [6, 6.07) is 11.1. The van der Waals surface area contributed by atoms with Crippen LogP contribution >= 0.6 is 15.9 Å². The Balaban J connectivity index is 1.89. The van der Waals surface area contributed by atoms with Gasteiger partial charge in [0.05, 0.1) is 12.3 Å². The fourth-order valence-electron chi connectivity index (χ4n) is 2.64. The molecule has 0 aromatic heterocycles. The zero-order chi connectivity index (χ0) is 16.4. The van der Waals surface area contributed by atoms with Crippen molar-refractivity contribution in [3.05, 3.63) is 52.0 Å². The molecule has 0 aliphatic carbocycles. The molecule has 0 fully saturated rings. The van der Waals surface area contributed by atoms with Crippen molar-refractivity contribution in [2.24, 2.45) is 0 Å². The van der Waals surface area contributed by atoms with Gasteiger partial charge in [0.2, 0.25) is 0 Å². The topological polar surface area (TPSA) is 47.6 Å². The largest absolute Gasteiger partial charge is 0.492 e. The molecule has 1 N–H and O–H groups in total. The molecule has 0 saturated heterocycles. The zero-order valence-corrected chi connectivity index (χ0v) is 14.6. The van der Waals surface area contributed by atoms with Crippen molar-refractivity contribution >= 4 is 27.5 Å². The lowest BCUT2D eigenvalue weighted by Crippen LogP contribution is -2.13. The molecule has 1 unspecified atom stereocenters. The van der Waals surface area contributed by atoms with Crippen LogP contribution in [0, 0.1) is 0 Å². The van der Waals surface area contributed by atoms with Gasteiger partial charge < -0.3 is 14.8 Å². The van der Waals surface area contributed by atoms with Gasteiger partial charge in [-0.25, -0.2) is 0 Å². The van der Waals surface area contributed by atoms with Crippen LogP contribution in [0.2, 0.25) is 0 Å². The maximum Gasteiger partial charge on any atom is 0.255 e. The summed E-state index contributed by atoms with van der Waals surface area (Å²) in [6.07, 6.45) is 1.01. The Hall–Kier alpha value is -2.01. The first-order valence-corrected chi connectivity index (χ1v) is 8.39. The van der Waals surface area contributed by atoms with E-state index in [1.807, 2.05) is 38.1 Å². The Morgan fingerprint density at radius 1 is 1.39 bits per heavy atom. The zero-order valence-electron chi connectivity index (χ0n) is 13.1. The van der Waals surface area contributed by atoms with Crippen molar-refractivity contribution in [2.45, 2.75) is 26.4 Å². The lowest BCUT2D eigenvalue weighted by Gasteiger charge is -2.13. The fourth-order valence-corrected chi connectivity index (χ4v) is 3.04. The highest BCUT2D eigenvalue weighted by Crippen LogP contribution is 2.38. The highest BCUT2D eigenvalue weighted by atomic mass is 79.9. The molecular weight excluding hydrogens is 358 g/mol. The molecule has 3 rings (SSSR count). The second-order valence-corrected chi connectivity index (χ2v) is 6.40. The van der Waals surface area contributed by atoms with E-state index in [9.17, 15) is 4.79 Å². The summed E-state index contributed by atoms with van der Waals surface area (Å²) in [7, 11) is 0. The Labute approximate surface area is 143 Å². The predicted octanol–water partition coefficient (Wildman–Crippen LogP) is 4.42. The minimum atomic E-state index is -0.182. The number of nitrogens with one attached hydrogen (secondary N) is 1. The molecule has 0 saturated carbocycles. The second kappa shape index (κ2) is 6.62. The molecule has 1 amide bonds. The molecule has 1 aliphatic rings. The third-order valence-corrected chi connectivity index (χ3v) is 4.13. The van der Waals surface area contributed by atoms with Crippen LogP contribution in [-0.2, 0) is 6.42 Å². The first-order valence-electron chi connectivity index (χ1n) is 7.60. The number of benzene rings is 2. The van der Waals surface area contributed by atoms with Gasteiger partial charge in [-0.05, 0) is 38.1 Å². The lowest BCUT2D eigenvalue weighted by molar-refractivity contribution is 0.102. The lowest BCUT2D eigenvalue weighted by atomic mass is 10.1. The minimum absolute atomic E-state index is 0.149. The van der Waals surface area contributed by atoms with Crippen molar-refractivity contribution in [3.63, 3.8) is 0 Å². The standard InChI is InChI=1S/C18H18BrNO3/c1-3-22-17-9-13-7-11(2)23-16(13)10-15(17)20-18(21)12-5-4-6-14(19)8-12/h4-6,8-11H,3,7H2,1-2H3,(H,20,21). The quantitative estimate of drug-likeness (QED) is 0.859. The minimum Gasteiger partial charge on any atom is -0.492 e.